The molecule has 0 aliphatic heterocycles. The van der Waals surface area contributed by atoms with Crippen molar-refractivity contribution in [3.63, 3.8) is 0 Å². The third-order valence-electron chi connectivity index (χ3n) is 23.1. The fraction of sp³-hybridized carbons (Fsp3) is 0.491. The van der Waals surface area contributed by atoms with E-state index in [2.05, 4.69) is 332 Å². The lowest BCUT2D eigenvalue weighted by molar-refractivity contribution is 0.437. The first-order valence-corrected chi connectivity index (χ1v) is 49.2. The summed E-state index contributed by atoms with van der Waals surface area (Å²) in [5.41, 5.74) is 25.0. The monoisotopic (exact) mass is 1770 g/mol. The van der Waals surface area contributed by atoms with Crippen molar-refractivity contribution in [2.24, 2.45) is 51.8 Å². The van der Waals surface area contributed by atoms with Crippen LogP contribution in [-0.2, 0) is 26.2 Å². The number of aliphatic imine (C=N–C) groups is 8. The van der Waals surface area contributed by atoms with E-state index in [0.29, 0.717) is 62.2 Å². The Hall–Kier alpha value is -9.62. The van der Waals surface area contributed by atoms with Crippen LogP contribution in [0.2, 0.25) is 0 Å². The SMILES string of the molecule is CC(=NC(C)C)Nc1ccccc1CN=C(C)NC(C)C.CC(=NCc1cccc(NC(=NC(C)C)C2CCCCC2)c1)NC(C)C.CC(=NCc1cccc(NC(=Nc2c(C)cccc2C)C2CCCCC2)c1)Nc1c(C)cccc1C.CC(=Nc1c(C)cccc1C)Nc1ccccc1CN=C(C)Nc1c(C)cccc1C.PC1CCCCC1.PC1CCCCC1. The van der Waals surface area contributed by atoms with E-state index in [1.165, 1.54) is 190 Å². The Labute approximate surface area is 779 Å². The number of nitrogens with one attached hydrogen (secondary N) is 8. The third kappa shape index (κ3) is 40.2. The highest BCUT2D eigenvalue weighted by Crippen LogP contribution is 2.34. The van der Waals surface area contributed by atoms with Crippen molar-refractivity contribution in [2.75, 3.05) is 31.9 Å². The Bertz CT molecular complexity index is 4820. The highest BCUT2D eigenvalue weighted by molar-refractivity contribution is 7.17. The van der Waals surface area contributed by atoms with Gasteiger partial charge in [0.2, 0.25) is 0 Å². The van der Waals surface area contributed by atoms with Crippen molar-refractivity contribution >= 4 is 111 Å². The molecule has 18 heteroatoms. The smallest absolute Gasteiger partial charge is 0.110 e. The zero-order valence-electron chi connectivity index (χ0n) is 82.5. The number of para-hydroxylation sites is 6. The van der Waals surface area contributed by atoms with Gasteiger partial charge >= 0.3 is 0 Å². The molecule has 0 aromatic heterocycles. The first-order valence-electron chi connectivity index (χ1n) is 47.9. The molecule has 0 radical (unpaired) electrons. The number of anilines is 6. The molecule has 0 saturated heterocycles. The van der Waals surface area contributed by atoms with Gasteiger partial charge in [0.1, 0.15) is 17.5 Å². The molecule has 0 spiro atoms. The number of benzene rings is 8. The van der Waals surface area contributed by atoms with E-state index in [0.717, 1.165) is 109 Å². The first kappa shape index (κ1) is 105. The summed E-state index contributed by atoms with van der Waals surface area (Å²) >= 11 is 0. The normalized spacial score (nSPS) is 15.5. The predicted molar refractivity (Wildman–Crippen MR) is 572 cm³/mol. The van der Waals surface area contributed by atoms with E-state index in [-0.39, 0.29) is 0 Å². The molecule has 8 N–H and O–H groups in total. The second-order valence-electron chi connectivity index (χ2n) is 36.8. The molecule has 2 atom stereocenters. The molecular weight excluding hydrogens is 1610 g/mol. The van der Waals surface area contributed by atoms with Crippen LogP contribution in [0.1, 0.15) is 292 Å². The largest absolute Gasteiger partial charge is 0.372 e. The van der Waals surface area contributed by atoms with E-state index >= 15 is 0 Å². The maximum Gasteiger partial charge on any atom is 0.110 e. The van der Waals surface area contributed by atoms with E-state index in [9.17, 15) is 0 Å². The molecule has 8 aromatic rings. The highest BCUT2D eigenvalue weighted by atomic mass is 31.0. The molecule has 16 nitrogen and oxygen atoms in total. The van der Waals surface area contributed by atoms with Crippen LogP contribution in [0.3, 0.4) is 0 Å². The summed E-state index contributed by atoms with van der Waals surface area (Å²) in [6.07, 6.45) is 27.4. The molecule has 4 aliphatic carbocycles. The van der Waals surface area contributed by atoms with E-state index in [4.69, 9.17) is 25.0 Å². The Morgan fingerprint density at radius 3 is 1.00 bits per heavy atom. The molecule has 0 amide bonds. The second kappa shape index (κ2) is 57.4. The fourth-order valence-electron chi connectivity index (χ4n) is 16.4. The Morgan fingerprint density at radius 2 is 0.625 bits per heavy atom. The van der Waals surface area contributed by atoms with Crippen molar-refractivity contribution in [3.05, 3.63) is 237 Å². The molecule has 4 aliphatic rings. The Kier molecular flexibility index (Phi) is 47.3. The number of rotatable bonds is 22. The number of nitrogens with zero attached hydrogens (tertiary/aromatic N) is 8. The summed E-state index contributed by atoms with van der Waals surface area (Å²) in [6.45, 7) is 48.5. The quantitative estimate of drug-likeness (QED) is 0.0186. The summed E-state index contributed by atoms with van der Waals surface area (Å²) in [5, 5.41) is 27.8. The number of hydrogen-bond donors (Lipinski definition) is 8. The minimum absolute atomic E-state index is 0.292. The third-order valence-corrected chi connectivity index (χ3v) is 24.5. The molecular formula is C110H162N16P2. The minimum atomic E-state index is 0.292. The summed E-state index contributed by atoms with van der Waals surface area (Å²) in [7, 11) is 5.81. The lowest BCUT2D eigenvalue weighted by Gasteiger charge is -2.25. The van der Waals surface area contributed by atoms with Crippen molar-refractivity contribution < 1.29 is 0 Å². The van der Waals surface area contributed by atoms with Crippen molar-refractivity contribution in [2.45, 2.75) is 342 Å². The van der Waals surface area contributed by atoms with E-state index < -0.39 is 0 Å². The van der Waals surface area contributed by atoms with Crippen LogP contribution in [0.25, 0.3) is 0 Å². The number of amidine groups is 8. The summed E-state index contributed by atoms with van der Waals surface area (Å²) in [6, 6.07) is 60.4. The molecule has 8 aromatic carbocycles. The Balaban J connectivity index is 0.000000225. The van der Waals surface area contributed by atoms with Crippen LogP contribution in [0.15, 0.2) is 210 Å². The maximum atomic E-state index is 5.21. The van der Waals surface area contributed by atoms with Gasteiger partial charge in [-0.25, -0.2) is 9.98 Å². The van der Waals surface area contributed by atoms with Gasteiger partial charge in [0.25, 0.3) is 0 Å². The summed E-state index contributed by atoms with van der Waals surface area (Å²) in [4.78, 5) is 38.3. The van der Waals surface area contributed by atoms with Gasteiger partial charge in [-0.15, -0.1) is 18.5 Å². The molecule has 128 heavy (non-hydrogen) atoms. The fourth-order valence-corrected chi connectivity index (χ4v) is 17.4. The van der Waals surface area contributed by atoms with Gasteiger partial charge in [-0.3, -0.25) is 30.0 Å². The lowest BCUT2D eigenvalue weighted by Crippen LogP contribution is -2.27. The van der Waals surface area contributed by atoms with Gasteiger partial charge in [-0.2, -0.15) is 0 Å². The van der Waals surface area contributed by atoms with Crippen LogP contribution < -0.4 is 42.5 Å². The van der Waals surface area contributed by atoms with Crippen LogP contribution in [0, 0.1) is 67.2 Å². The van der Waals surface area contributed by atoms with Gasteiger partial charge in [0.05, 0.1) is 66.7 Å². The number of hydrogen-bond acceptors (Lipinski definition) is 8. The zero-order chi connectivity index (χ0) is 92.9. The summed E-state index contributed by atoms with van der Waals surface area (Å²) in [5.74, 6) is 8.87. The van der Waals surface area contributed by atoms with Gasteiger partial charge < -0.3 is 42.5 Å². The standard InChI is InChI=1S/C32H40N4.C27H32N4.C22H36N4.C17H28N4.2C6H13P/c1-22-12-9-13-23(2)30(22)34-26(5)33-21-27-16-11-19-29(20-27)35-32(28-17-7-6-8-18-28)36-31-24(3)14-10-15-25(31)4;1-18-11-9-12-19(2)26(18)30-22(5)28-17-24-15-7-8-16-25(24)29-23(6)31-27-20(3)13-10-14-21(27)4;1-16(2)24-18(5)23-15-19-10-9-13-21(14-19)26-22(25-17(3)4)20-11-7-6-8-12-20;1-12(2)19-14(5)18-11-16-9-7-8-10-17(16)21-15(6)20-13(3)4;2*7-6-4-2-1-3-5-6/h9-16,19-20,28H,6-8,17-18,21H2,1-5H3,(H,33,34)(H,35,36);7-16H,17H2,1-6H3,(H,28,30)(H,29,31);9-10,13-14,16-17,20H,6-8,11-12,15H2,1-5H3,(H,23,24)(H,25,26);7-10,12-13H,11H2,1-6H3,(H,18,19)(H,20,21);2*6H,1-5,7H2. The van der Waals surface area contributed by atoms with Crippen LogP contribution in [-0.4, -0.2) is 82.2 Å². The zero-order valence-corrected chi connectivity index (χ0v) is 84.8. The Morgan fingerprint density at radius 1 is 0.305 bits per heavy atom. The molecule has 4 fully saturated rings. The van der Waals surface area contributed by atoms with Crippen LogP contribution >= 0.6 is 18.5 Å². The average molecular weight is 1770 g/mol. The second-order valence-corrected chi connectivity index (χ2v) is 38.6. The maximum absolute atomic E-state index is 5.21. The lowest BCUT2D eigenvalue weighted by atomic mass is 9.88. The molecule has 0 heterocycles. The van der Waals surface area contributed by atoms with Gasteiger partial charge in [-0.05, 0) is 318 Å². The van der Waals surface area contributed by atoms with Crippen molar-refractivity contribution in [1.82, 2.24) is 10.6 Å². The van der Waals surface area contributed by atoms with Crippen LogP contribution in [0.5, 0.6) is 0 Å². The number of aryl methyl sites for hydroxylation is 8. The molecule has 2 unspecified atom stereocenters. The molecule has 4 saturated carbocycles. The van der Waals surface area contributed by atoms with Gasteiger partial charge in [0, 0.05) is 70.1 Å². The molecule has 692 valence electrons. The van der Waals surface area contributed by atoms with E-state index in [1.807, 2.05) is 65.8 Å². The van der Waals surface area contributed by atoms with Crippen molar-refractivity contribution in [1.29, 1.82) is 0 Å². The van der Waals surface area contributed by atoms with Crippen LogP contribution in [0.4, 0.5) is 45.5 Å². The van der Waals surface area contributed by atoms with Gasteiger partial charge in [-0.1, -0.05) is 211 Å². The predicted octanol–water partition coefficient (Wildman–Crippen LogP) is 29.4. The minimum Gasteiger partial charge on any atom is -0.372 e. The summed E-state index contributed by atoms with van der Waals surface area (Å²) < 4.78 is 0. The van der Waals surface area contributed by atoms with Crippen molar-refractivity contribution in [3.8, 4) is 0 Å². The first-order chi connectivity index (χ1) is 61.4. The topological polar surface area (TPSA) is 195 Å². The molecule has 0 bridgehead atoms. The highest BCUT2D eigenvalue weighted by Gasteiger charge is 2.23. The average Bonchev–Trinajstić information content (AvgIpc) is 0.824. The molecule has 12 rings (SSSR count). The van der Waals surface area contributed by atoms with Gasteiger partial charge in [0.15, 0.2) is 0 Å². The van der Waals surface area contributed by atoms with E-state index in [1.54, 1.807) is 0 Å².